The Balaban J connectivity index is 2.15. The van der Waals surface area contributed by atoms with Gasteiger partial charge in [-0.25, -0.2) is 4.79 Å². The molecule has 1 saturated carbocycles. The van der Waals surface area contributed by atoms with Gasteiger partial charge in [-0.2, -0.15) is 0 Å². The summed E-state index contributed by atoms with van der Waals surface area (Å²) in [4.78, 5) is 35.3. The van der Waals surface area contributed by atoms with Crippen molar-refractivity contribution in [2.24, 2.45) is 5.92 Å². The molecule has 1 aliphatic rings. The van der Waals surface area contributed by atoms with Crippen LogP contribution in [0.1, 0.15) is 47.2 Å². The number of nitrogens with one attached hydrogen (secondary N) is 1. The molecule has 2 N–H and O–H groups in total. The molecule has 0 heterocycles. The van der Waals surface area contributed by atoms with Gasteiger partial charge in [0.15, 0.2) is 0 Å². The highest BCUT2D eigenvalue weighted by atomic mass is 16.4. The summed E-state index contributed by atoms with van der Waals surface area (Å²) >= 11 is 0. The van der Waals surface area contributed by atoms with Gasteiger partial charge >= 0.3 is 5.97 Å². The summed E-state index contributed by atoms with van der Waals surface area (Å²) in [7, 11) is 0. The van der Waals surface area contributed by atoms with E-state index in [0.717, 1.165) is 11.1 Å². The third kappa shape index (κ3) is 3.93. The highest BCUT2D eigenvalue weighted by Crippen LogP contribution is 2.25. The number of hydrogen-bond acceptors (Lipinski definition) is 3. The zero-order valence-electron chi connectivity index (χ0n) is 12.9. The molecule has 1 aliphatic carbocycles. The lowest BCUT2D eigenvalue weighted by atomic mass is 9.83. The van der Waals surface area contributed by atoms with Gasteiger partial charge in [-0.15, -0.1) is 0 Å². The SMILES string of the molecule is Cc1cc(C)cc(C(=O)N[C@H](C(=O)O)[C@H]2CCCC(=O)C2)c1. The topological polar surface area (TPSA) is 83.5 Å². The number of carboxylic acid groups (broad SMARTS) is 1. The number of aliphatic carboxylic acids is 1. The summed E-state index contributed by atoms with van der Waals surface area (Å²) in [5, 5.41) is 12.0. The molecule has 5 heteroatoms. The Morgan fingerprint density at radius 1 is 1.23 bits per heavy atom. The number of carbonyl (C=O) groups excluding carboxylic acids is 2. The zero-order chi connectivity index (χ0) is 16.3. The summed E-state index contributed by atoms with van der Waals surface area (Å²) in [5.41, 5.74) is 2.35. The van der Waals surface area contributed by atoms with Crippen molar-refractivity contribution in [2.75, 3.05) is 0 Å². The van der Waals surface area contributed by atoms with E-state index >= 15 is 0 Å². The molecule has 0 bridgehead atoms. The average Bonchev–Trinajstić information content (AvgIpc) is 2.43. The minimum atomic E-state index is -1.09. The Morgan fingerprint density at radius 3 is 2.41 bits per heavy atom. The first-order valence-corrected chi connectivity index (χ1v) is 7.50. The number of amides is 1. The molecule has 0 aromatic heterocycles. The minimum Gasteiger partial charge on any atom is -0.480 e. The van der Waals surface area contributed by atoms with Crippen LogP contribution in [0.5, 0.6) is 0 Å². The maximum Gasteiger partial charge on any atom is 0.326 e. The third-order valence-electron chi connectivity index (χ3n) is 4.03. The predicted octanol–water partition coefficient (Wildman–Crippen LogP) is 2.25. The van der Waals surface area contributed by atoms with E-state index in [1.54, 1.807) is 12.1 Å². The summed E-state index contributed by atoms with van der Waals surface area (Å²) in [6.07, 6.45) is 2.07. The van der Waals surface area contributed by atoms with E-state index in [4.69, 9.17) is 0 Å². The minimum absolute atomic E-state index is 0.0724. The molecule has 0 radical (unpaired) electrons. The van der Waals surface area contributed by atoms with E-state index in [1.165, 1.54) is 0 Å². The second-order valence-corrected chi connectivity index (χ2v) is 6.06. The van der Waals surface area contributed by atoms with E-state index in [1.807, 2.05) is 19.9 Å². The molecule has 0 saturated heterocycles. The summed E-state index contributed by atoms with van der Waals surface area (Å²) in [5.74, 6) is -1.74. The van der Waals surface area contributed by atoms with Crippen molar-refractivity contribution in [3.63, 3.8) is 0 Å². The average molecular weight is 303 g/mol. The van der Waals surface area contributed by atoms with E-state index in [-0.39, 0.29) is 18.1 Å². The second kappa shape index (κ2) is 6.73. The maximum absolute atomic E-state index is 12.3. The summed E-state index contributed by atoms with van der Waals surface area (Å²) in [6.45, 7) is 3.77. The third-order valence-corrected chi connectivity index (χ3v) is 4.03. The van der Waals surface area contributed by atoms with E-state index in [2.05, 4.69) is 5.32 Å². The molecule has 2 rings (SSSR count). The Hall–Kier alpha value is -2.17. The largest absolute Gasteiger partial charge is 0.480 e. The van der Waals surface area contributed by atoms with E-state index < -0.39 is 17.9 Å². The van der Waals surface area contributed by atoms with Crippen molar-refractivity contribution in [3.8, 4) is 0 Å². The highest BCUT2D eigenvalue weighted by molar-refractivity contribution is 5.97. The van der Waals surface area contributed by atoms with E-state index in [9.17, 15) is 19.5 Å². The lowest BCUT2D eigenvalue weighted by Crippen LogP contribution is -2.47. The van der Waals surface area contributed by atoms with Crippen molar-refractivity contribution in [1.29, 1.82) is 0 Å². The lowest BCUT2D eigenvalue weighted by molar-refractivity contribution is -0.141. The van der Waals surface area contributed by atoms with Crippen LogP contribution >= 0.6 is 0 Å². The Kier molecular flexibility index (Phi) is 4.96. The van der Waals surface area contributed by atoms with Crippen LogP contribution in [0, 0.1) is 19.8 Å². The van der Waals surface area contributed by atoms with Gasteiger partial charge in [0.1, 0.15) is 11.8 Å². The van der Waals surface area contributed by atoms with Gasteiger partial charge in [-0.1, -0.05) is 17.2 Å². The first kappa shape index (κ1) is 16.2. The molecule has 0 spiro atoms. The van der Waals surface area contributed by atoms with Gasteiger partial charge in [0, 0.05) is 18.4 Å². The van der Waals surface area contributed by atoms with Crippen LogP contribution in [0.4, 0.5) is 0 Å². The fourth-order valence-corrected chi connectivity index (χ4v) is 3.05. The first-order valence-electron chi connectivity index (χ1n) is 7.50. The van der Waals surface area contributed by atoms with Crippen LogP contribution in [0.3, 0.4) is 0 Å². The van der Waals surface area contributed by atoms with Crippen molar-refractivity contribution in [3.05, 3.63) is 34.9 Å². The number of rotatable bonds is 4. The Morgan fingerprint density at radius 2 is 1.86 bits per heavy atom. The molecule has 0 aliphatic heterocycles. The quantitative estimate of drug-likeness (QED) is 0.893. The molecular formula is C17H21NO4. The van der Waals surface area contributed by atoms with Gasteiger partial charge in [0.25, 0.3) is 5.91 Å². The molecule has 1 aromatic carbocycles. The number of ketones is 1. The molecular weight excluding hydrogens is 282 g/mol. The van der Waals surface area contributed by atoms with Gasteiger partial charge in [0.05, 0.1) is 0 Å². The molecule has 0 unspecified atom stereocenters. The van der Waals surface area contributed by atoms with Crippen molar-refractivity contribution >= 4 is 17.7 Å². The second-order valence-electron chi connectivity index (χ2n) is 6.06. The molecule has 2 atom stereocenters. The highest BCUT2D eigenvalue weighted by Gasteiger charge is 2.33. The molecule has 1 fully saturated rings. The van der Waals surface area contributed by atoms with Crippen molar-refractivity contribution < 1.29 is 19.5 Å². The Bertz CT molecular complexity index is 588. The van der Waals surface area contributed by atoms with Crippen LogP contribution < -0.4 is 5.32 Å². The van der Waals surface area contributed by atoms with Crippen molar-refractivity contribution in [1.82, 2.24) is 5.32 Å². The van der Waals surface area contributed by atoms with Gasteiger partial charge in [0.2, 0.25) is 0 Å². The summed E-state index contributed by atoms with van der Waals surface area (Å²) < 4.78 is 0. The Labute approximate surface area is 129 Å². The molecule has 1 aromatic rings. The number of carbonyl (C=O) groups is 3. The maximum atomic E-state index is 12.3. The lowest BCUT2D eigenvalue weighted by Gasteiger charge is -2.27. The monoisotopic (exact) mass is 303 g/mol. The number of hydrogen-bond donors (Lipinski definition) is 2. The molecule has 5 nitrogen and oxygen atoms in total. The zero-order valence-corrected chi connectivity index (χ0v) is 12.9. The first-order chi connectivity index (χ1) is 10.4. The smallest absolute Gasteiger partial charge is 0.326 e. The standard InChI is InChI=1S/C17H21NO4/c1-10-6-11(2)8-13(7-10)16(20)18-15(17(21)22)12-4-3-5-14(19)9-12/h6-8,12,15H,3-5,9H2,1-2H3,(H,18,20)(H,21,22)/t12-,15-/m0/s1. The number of Topliss-reactive ketones (excluding diaryl/α,β-unsaturated/α-hetero) is 1. The predicted molar refractivity (Wildman–Crippen MR) is 81.8 cm³/mol. The fraction of sp³-hybridized carbons (Fsp3) is 0.471. The van der Waals surface area contributed by atoms with Crippen LogP contribution in [-0.4, -0.2) is 28.8 Å². The van der Waals surface area contributed by atoms with Crippen LogP contribution in [0.25, 0.3) is 0 Å². The van der Waals surface area contributed by atoms with Crippen LogP contribution in [0.15, 0.2) is 18.2 Å². The summed E-state index contributed by atoms with van der Waals surface area (Å²) in [6, 6.07) is 4.39. The number of carboxylic acids is 1. The van der Waals surface area contributed by atoms with Crippen molar-refractivity contribution in [2.45, 2.75) is 45.6 Å². The molecule has 118 valence electrons. The van der Waals surface area contributed by atoms with Crippen LogP contribution in [0.2, 0.25) is 0 Å². The van der Waals surface area contributed by atoms with E-state index in [0.29, 0.717) is 24.8 Å². The van der Waals surface area contributed by atoms with Crippen LogP contribution in [-0.2, 0) is 9.59 Å². The normalized spacial score (nSPS) is 19.5. The molecule has 1 amide bonds. The fourth-order valence-electron chi connectivity index (χ4n) is 3.05. The van der Waals surface area contributed by atoms with Gasteiger partial charge in [-0.05, 0) is 44.7 Å². The number of benzene rings is 1. The van der Waals surface area contributed by atoms with Gasteiger partial charge < -0.3 is 10.4 Å². The van der Waals surface area contributed by atoms with Gasteiger partial charge in [-0.3, -0.25) is 9.59 Å². The number of aryl methyl sites for hydroxylation is 2. The molecule has 22 heavy (non-hydrogen) atoms.